The molecule has 0 amide bonds. The summed E-state index contributed by atoms with van der Waals surface area (Å²) < 4.78 is 1.08. The van der Waals surface area contributed by atoms with Crippen LogP contribution in [-0.2, 0) is 0 Å². The van der Waals surface area contributed by atoms with Crippen LogP contribution in [0.4, 0.5) is 0 Å². The third-order valence-corrected chi connectivity index (χ3v) is 4.02. The van der Waals surface area contributed by atoms with E-state index in [4.69, 9.17) is 0 Å². The van der Waals surface area contributed by atoms with Gasteiger partial charge in [0.15, 0.2) is 0 Å². The third kappa shape index (κ3) is 4.69. The Labute approximate surface area is 163 Å². The lowest BCUT2D eigenvalue weighted by Crippen LogP contribution is -3.00. The fourth-order valence-electron chi connectivity index (χ4n) is 6.04. The van der Waals surface area contributed by atoms with E-state index in [2.05, 4.69) is 83.1 Å². The zero-order valence-electron chi connectivity index (χ0n) is 15.9. The lowest BCUT2D eigenvalue weighted by Gasteiger charge is -2.70. The van der Waals surface area contributed by atoms with Crippen molar-refractivity contribution < 1.29 is 28.5 Å². The Hall–Kier alpha value is 1.38. The van der Waals surface area contributed by atoms with Crippen LogP contribution in [0.3, 0.4) is 0 Å². The van der Waals surface area contributed by atoms with E-state index >= 15 is 0 Å². The van der Waals surface area contributed by atoms with E-state index in [0.29, 0.717) is 0 Å². The first-order chi connectivity index (χ1) is 7.00. The molecule has 0 aromatic carbocycles. The molecule has 0 aromatic rings. The average Bonchev–Trinajstić information content (AvgIpc) is 1.67. The lowest BCUT2D eigenvalue weighted by molar-refractivity contribution is -1.08. The molecule has 0 rings (SSSR count). The van der Waals surface area contributed by atoms with Gasteiger partial charge in [-0.2, -0.15) is 0 Å². The summed E-state index contributed by atoms with van der Waals surface area (Å²) in [4.78, 5) is 0. The van der Waals surface area contributed by atoms with Crippen LogP contribution in [0.1, 0.15) is 83.1 Å². The van der Waals surface area contributed by atoms with Gasteiger partial charge in [-0.3, -0.25) is 0 Å². The molecule has 0 radical (unpaired) electrons. The van der Waals surface area contributed by atoms with Gasteiger partial charge < -0.3 is 34.6 Å². The second kappa shape index (κ2) is 7.77. The van der Waals surface area contributed by atoms with Gasteiger partial charge in [-0.05, 0) is 83.1 Å². The van der Waals surface area contributed by atoms with Crippen molar-refractivity contribution in [1.82, 2.24) is 6.15 Å². The van der Waals surface area contributed by atoms with Gasteiger partial charge in [-0.15, -0.1) is 24.0 Å². The normalized spacial score (nSPS) is 13.8. The van der Waals surface area contributed by atoms with Crippen molar-refractivity contribution in [1.29, 1.82) is 0 Å². The topological polar surface area (TPSA) is 35.0 Å². The van der Waals surface area contributed by atoms with Crippen molar-refractivity contribution in [2.45, 2.75) is 105 Å². The van der Waals surface area contributed by atoms with E-state index in [1.165, 1.54) is 0 Å². The molecule has 0 aliphatic rings. The van der Waals surface area contributed by atoms with E-state index in [1.807, 2.05) is 0 Å². The van der Waals surface area contributed by atoms with Crippen LogP contribution in [0.15, 0.2) is 0 Å². The van der Waals surface area contributed by atoms with Gasteiger partial charge in [0.1, 0.15) is 0 Å². The smallest absolute Gasteiger partial charge is 0.0918 e. The molecule has 0 unspecified atom stereocenters. The highest BCUT2D eigenvalue weighted by atomic mass is 127. The van der Waals surface area contributed by atoms with Crippen molar-refractivity contribution in [2.75, 3.05) is 0 Å². The van der Waals surface area contributed by atoms with Gasteiger partial charge in [0.05, 0.1) is 22.2 Å². The first kappa shape index (κ1) is 29.4. The van der Waals surface area contributed by atoms with Crippen LogP contribution in [-0.4, -0.2) is 26.6 Å². The number of hydrogen-bond acceptors (Lipinski definition) is 1. The second-order valence-electron chi connectivity index (χ2n) is 9.35. The molecule has 0 fully saturated rings. The average molecular weight is 514 g/mol. The Morgan fingerprint density at radius 3 is 0.550 bits per heavy atom. The molecule has 0 atom stereocenters. The first-order valence-corrected chi connectivity index (χ1v) is 6.89. The zero-order chi connectivity index (χ0) is 14.5. The van der Waals surface area contributed by atoms with Crippen molar-refractivity contribution in [3.63, 3.8) is 0 Å². The zero-order valence-corrected chi connectivity index (χ0v) is 20.4. The molecule has 0 saturated carbocycles. The SMILES string of the molecule is CC(C)(C)[N+](C(C)(C)C)(C(C)(C)C)C(C)(C)C.I.N.[I-]. The van der Waals surface area contributed by atoms with E-state index in [0.717, 1.165) is 4.48 Å². The van der Waals surface area contributed by atoms with Gasteiger partial charge in [-0.25, -0.2) is 0 Å². The van der Waals surface area contributed by atoms with Crippen molar-refractivity contribution in [2.24, 2.45) is 0 Å². The van der Waals surface area contributed by atoms with Crippen LogP contribution in [0.5, 0.6) is 0 Å². The maximum atomic E-state index is 2.38. The summed E-state index contributed by atoms with van der Waals surface area (Å²) in [5.74, 6) is 0. The highest BCUT2D eigenvalue weighted by Gasteiger charge is 2.62. The quantitative estimate of drug-likeness (QED) is 0.392. The number of halogens is 2. The maximum absolute atomic E-state index is 2.38. The third-order valence-electron chi connectivity index (χ3n) is 4.02. The molecule has 128 valence electrons. The highest BCUT2D eigenvalue weighted by molar-refractivity contribution is 14.0. The molecule has 2 nitrogen and oxygen atoms in total. The monoisotopic (exact) mass is 514 g/mol. The number of rotatable bonds is 0. The van der Waals surface area contributed by atoms with Crippen LogP contribution in [0.2, 0.25) is 0 Å². The standard InChI is InChI=1S/C16H36N.2HI.H3N/c1-13(2,3)17(14(4,5)6,15(7,8)9)16(10,11)12;;;/h1-12H3;2*1H;1H3/q+1;;;/p-1. The summed E-state index contributed by atoms with van der Waals surface area (Å²) in [6, 6.07) is 0. The number of hydrogen-bond donors (Lipinski definition) is 1. The van der Waals surface area contributed by atoms with Crippen LogP contribution < -0.4 is 30.1 Å². The van der Waals surface area contributed by atoms with E-state index in [9.17, 15) is 0 Å². The minimum absolute atomic E-state index is 0. The van der Waals surface area contributed by atoms with Crippen LogP contribution in [0.25, 0.3) is 0 Å². The molecule has 3 N–H and O–H groups in total. The van der Waals surface area contributed by atoms with Crippen LogP contribution in [0, 0.1) is 0 Å². The summed E-state index contributed by atoms with van der Waals surface area (Å²) in [5.41, 5.74) is 0.812. The fraction of sp³-hybridized carbons (Fsp3) is 1.00. The molecule has 20 heavy (non-hydrogen) atoms. The lowest BCUT2D eigenvalue weighted by atomic mass is 9.75. The summed E-state index contributed by atoms with van der Waals surface area (Å²) in [6.07, 6.45) is 0. The minimum Gasteiger partial charge on any atom is -1.00 e. The van der Waals surface area contributed by atoms with Gasteiger partial charge in [-0.1, -0.05) is 0 Å². The predicted molar refractivity (Wildman–Crippen MR) is 99.7 cm³/mol. The van der Waals surface area contributed by atoms with Gasteiger partial charge in [0.2, 0.25) is 0 Å². The molecule has 0 aromatic heterocycles. The Balaban J connectivity index is -0.000000427. The van der Waals surface area contributed by atoms with Crippen LogP contribution >= 0.6 is 24.0 Å². The molecule has 0 saturated heterocycles. The second-order valence-corrected chi connectivity index (χ2v) is 9.35. The maximum Gasteiger partial charge on any atom is 0.0918 e. The van der Waals surface area contributed by atoms with Gasteiger partial charge in [0, 0.05) is 0 Å². The van der Waals surface area contributed by atoms with Crippen molar-refractivity contribution in [3.05, 3.63) is 0 Å². The largest absolute Gasteiger partial charge is 1.00 e. The minimum atomic E-state index is 0. The van der Waals surface area contributed by atoms with Crippen molar-refractivity contribution in [3.8, 4) is 0 Å². The summed E-state index contributed by atoms with van der Waals surface area (Å²) in [7, 11) is 0. The van der Waals surface area contributed by atoms with Gasteiger partial charge in [0.25, 0.3) is 0 Å². The molecular weight excluding hydrogens is 474 g/mol. The predicted octanol–water partition coefficient (Wildman–Crippen LogP) is 2.78. The highest BCUT2D eigenvalue weighted by Crippen LogP contribution is 2.50. The Morgan fingerprint density at radius 2 is 0.550 bits per heavy atom. The molecule has 4 heteroatoms. The Kier molecular flexibility index (Phi) is 11.4. The molecule has 0 spiro atoms. The molecule has 0 bridgehead atoms. The van der Waals surface area contributed by atoms with Gasteiger partial charge >= 0.3 is 0 Å². The molecule has 0 aliphatic heterocycles. The number of quaternary nitrogens is 1. The first-order valence-electron chi connectivity index (χ1n) is 6.89. The molecular formula is C16H40I2N2. The Bertz CT molecular complexity index is 211. The summed E-state index contributed by atoms with van der Waals surface area (Å²) >= 11 is 0. The number of nitrogens with zero attached hydrogens (tertiary/aromatic N) is 1. The van der Waals surface area contributed by atoms with E-state index in [1.54, 1.807) is 0 Å². The summed E-state index contributed by atoms with van der Waals surface area (Å²) in [5, 5.41) is 0. The van der Waals surface area contributed by atoms with Crippen molar-refractivity contribution >= 4 is 24.0 Å². The van der Waals surface area contributed by atoms with E-state index < -0.39 is 0 Å². The van der Waals surface area contributed by atoms with E-state index in [-0.39, 0.29) is 76.3 Å². The molecule has 0 aliphatic carbocycles. The molecule has 0 heterocycles. The fourth-order valence-corrected chi connectivity index (χ4v) is 6.04. The summed E-state index contributed by atoms with van der Waals surface area (Å²) in [6.45, 7) is 28.6. The Morgan fingerprint density at radius 1 is 0.450 bits per heavy atom.